The average molecular weight is 436 g/mol. The zero-order valence-corrected chi connectivity index (χ0v) is 16.2. The largest absolute Gasteiger partial charge is 0.493 e. The van der Waals surface area contributed by atoms with Gasteiger partial charge in [-0.25, -0.2) is 13.2 Å². The highest BCUT2D eigenvalue weighted by Crippen LogP contribution is 2.36. The van der Waals surface area contributed by atoms with Gasteiger partial charge in [0, 0.05) is 10.5 Å². The Bertz CT molecular complexity index is 862. The topological polar surface area (TPSA) is 90.9 Å². The Balaban J connectivity index is 2.45. The number of esters is 1. The maximum Gasteiger partial charge on any atom is 0.350 e. The number of thiophene rings is 1. The maximum atomic E-state index is 12.7. The summed E-state index contributed by atoms with van der Waals surface area (Å²) in [6.45, 7) is 0. The summed E-state index contributed by atoms with van der Waals surface area (Å²) >= 11 is 4.29. The first-order chi connectivity index (χ1) is 11.3. The molecule has 0 saturated heterocycles. The van der Waals surface area contributed by atoms with Gasteiger partial charge in [-0.3, -0.25) is 4.72 Å². The van der Waals surface area contributed by atoms with Crippen LogP contribution in [0.15, 0.2) is 32.9 Å². The monoisotopic (exact) mass is 435 g/mol. The molecule has 2 aromatic rings. The van der Waals surface area contributed by atoms with Crippen molar-refractivity contribution >= 4 is 48.9 Å². The van der Waals surface area contributed by atoms with E-state index in [1.54, 1.807) is 5.38 Å². The van der Waals surface area contributed by atoms with E-state index >= 15 is 0 Å². The molecule has 0 unspecified atom stereocenters. The van der Waals surface area contributed by atoms with Gasteiger partial charge in [-0.2, -0.15) is 0 Å². The molecule has 0 radical (unpaired) electrons. The van der Waals surface area contributed by atoms with E-state index in [2.05, 4.69) is 25.4 Å². The van der Waals surface area contributed by atoms with Crippen LogP contribution in [0.5, 0.6) is 11.5 Å². The van der Waals surface area contributed by atoms with Crippen LogP contribution >= 0.6 is 27.3 Å². The molecule has 0 saturated carbocycles. The number of carbonyl (C=O) groups is 1. The van der Waals surface area contributed by atoms with E-state index in [9.17, 15) is 13.2 Å². The van der Waals surface area contributed by atoms with Gasteiger partial charge in [0.05, 0.1) is 27.0 Å². The summed E-state index contributed by atoms with van der Waals surface area (Å²) in [7, 11) is 0.114. The molecule has 1 N–H and O–H groups in total. The Kier molecular flexibility index (Phi) is 5.73. The number of hydrogen-bond acceptors (Lipinski definition) is 7. The predicted molar refractivity (Wildman–Crippen MR) is 93.7 cm³/mol. The number of sulfonamides is 1. The van der Waals surface area contributed by atoms with Crippen LogP contribution in [0.25, 0.3) is 0 Å². The van der Waals surface area contributed by atoms with E-state index in [1.807, 2.05) is 0 Å². The molecule has 1 aromatic carbocycles. The molecule has 0 bridgehead atoms. The molecule has 1 heterocycles. The van der Waals surface area contributed by atoms with Gasteiger partial charge in [0.15, 0.2) is 11.5 Å². The van der Waals surface area contributed by atoms with Crippen molar-refractivity contribution < 1.29 is 27.4 Å². The third-order valence-corrected chi connectivity index (χ3v) is 6.23. The highest BCUT2D eigenvalue weighted by Gasteiger charge is 2.24. The summed E-state index contributed by atoms with van der Waals surface area (Å²) < 4.78 is 42.9. The van der Waals surface area contributed by atoms with Gasteiger partial charge in [0.25, 0.3) is 10.0 Å². The lowest BCUT2D eigenvalue weighted by Gasteiger charge is -2.13. The highest BCUT2D eigenvalue weighted by molar-refractivity contribution is 9.10. The quantitative estimate of drug-likeness (QED) is 0.700. The zero-order valence-electron chi connectivity index (χ0n) is 13.0. The van der Waals surface area contributed by atoms with E-state index in [1.165, 1.54) is 39.5 Å². The second-order valence-corrected chi connectivity index (χ2v) is 7.82. The number of benzene rings is 1. The smallest absolute Gasteiger partial charge is 0.350 e. The van der Waals surface area contributed by atoms with Gasteiger partial charge in [-0.15, -0.1) is 11.3 Å². The summed E-state index contributed by atoms with van der Waals surface area (Å²) in [5.41, 5.74) is 0.147. The highest BCUT2D eigenvalue weighted by atomic mass is 79.9. The summed E-state index contributed by atoms with van der Waals surface area (Å²) in [5, 5.41) is 1.59. The molecule has 0 aliphatic heterocycles. The first-order valence-electron chi connectivity index (χ1n) is 6.44. The van der Waals surface area contributed by atoms with Gasteiger partial charge in [0.2, 0.25) is 0 Å². The fourth-order valence-electron chi connectivity index (χ4n) is 1.88. The number of carbonyl (C=O) groups excluding carboxylic acids is 1. The number of methoxy groups -OCH3 is 3. The molecule has 1 aromatic heterocycles. The van der Waals surface area contributed by atoms with Gasteiger partial charge < -0.3 is 14.2 Å². The molecule has 24 heavy (non-hydrogen) atoms. The SMILES string of the molecule is COC(=O)c1sccc1NS(=O)(=O)c1cc(OC)c(OC)cc1Br. The Morgan fingerprint density at radius 2 is 1.79 bits per heavy atom. The third kappa shape index (κ3) is 3.65. The summed E-state index contributed by atoms with van der Waals surface area (Å²) in [6, 6.07) is 4.31. The lowest BCUT2D eigenvalue weighted by atomic mass is 10.3. The number of anilines is 1. The lowest BCUT2D eigenvalue weighted by molar-refractivity contribution is 0.0607. The van der Waals surface area contributed by atoms with Crippen LogP contribution < -0.4 is 14.2 Å². The number of nitrogens with one attached hydrogen (secondary N) is 1. The second-order valence-electron chi connectivity index (χ2n) is 4.40. The van der Waals surface area contributed by atoms with Crippen LogP contribution in [-0.4, -0.2) is 35.7 Å². The molecular formula is C14H14BrNO6S2. The van der Waals surface area contributed by atoms with Crippen LogP contribution in [0, 0.1) is 0 Å². The van der Waals surface area contributed by atoms with Crippen molar-refractivity contribution in [3.8, 4) is 11.5 Å². The van der Waals surface area contributed by atoms with Crippen molar-refractivity contribution in [3.05, 3.63) is 32.9 Å². The van der Waals surface area contributed by atoms with Crippen molar-refractivity contribution in [2.45, 2.75) is 4.90 Å². The molecule has 130 valence electrons. The minimum Gasteiger partial charge on any atom is -0.493 e. The maximum absolute atomic E-state index is 12.7. The molecular weight excluding hydrogens is 422 g/mol. The number of hydrogen-bond donors (Lipinski definition) is 1. The van der Waals surface area contributed by atoms with Crippen molar-refractivity contribution in [3.63, 3.8) is 0 Å². The summed E-state index contributed by atoms with van der Waals surface area (Å²) in [4.78, 5) is 11.8. The van der Waals surface area contributed by atoms with E-state index in [4.69, 9.17) is 9.47 Å². The standard InChI is InChI=1S/C14H14BrNO6S2/c1-20-10-6-8(15)12(7-11(10)21-2)24(18,19)16-9-4-5-23-13(9)14(17)22-3/h4-7,16H,1-3H3. The molecule has 0 fully saturated rings. The Morgan fingerprint density at radius 1 is 1.17 bits per heavy atom. The van der Waals surface area contributed by atoms with Crippen LogP contribution in [-0.2, 0) is 14.8 Å². The molecule has 0 amide bonds. The first kappa shape index (κ1) is 18.6. The van der Waals surface area contributed by atoms with Crippen LogP contribution in [0.1, 0.15) is 9.67 Å². The summed E-state index contributed by atoms with van der Waals surface area (Å²) in [5.74, 6) is 0.0303. The molecule has 0 aliphatic rings. The van der Waals surface area contributed by atoms with Crippen molar-refractivity contribution in [2.24, 2.45) is 0 Å². The number of halogens is 1. The molecule has 10 heteroatoms. The van der Waals surface area contributed by atoms with E-state index in [-0.39, 0.29) is 21.2 Å². The second kappa shape index (κ2) is 7.41. The molecule has 0 spiro atoms. The van der Waals surface area contributed by atoms with Gasteiger partial charge in [-0.05, 0) is 33.4 Å². The van der Waals surface area contributed by atoms with Gasteiger partial charge in [-0.1, -0.05) is 0 Å². The van der Waals surface area contributed by atoms with Crippen LogP contribution in [0.4, 0.5) is 5.69 Å². The number of ether oxygens (including phenoxy) is 3. The molecule has 0 atom stereocenters. The Labute approximate surface area is 151 Å². The third-order valence-electron chi connectivity index (χ3n) is 3.01. The predicted octanol–water partition coefficient (Wildman–Crippen LogP) is 3.12. The van der Waals surface area contributed by atoms with Crippen molar-refractivity contribution in [1.29, 1.82) is 0 Å². The molecule has 7 nitrogen and oxygen atoms in total. The summed E-state index contributed by atoms with van der Waals surface area (Å²) in [6.07, 6.45) is 0. The van der Waals surface area contributed by atoms with Gasteiger partial charge >= 0.3 is 5.97 Å². The fourth-order valence-corrected chi connectivity index (χ4v) is 4.82. The van der Waals surface area contributed by atoms with Crippen molar-refractivity contribution in [2.75, 3.05) is 26.1 Å². The lowest BCUT2D eigenvalue weighted by Crippen LogP contribution is -2.15. The van der Waals surface area contributed by atoms with Crippen LogP contribution in [0.3, 0.4) is 0 Å². The van der Waals surface area contributed by atoms with E-state index in [0.29, 0.717) is 10.2 Å². The average Bonchev–Trinajstić information content (AvgIpc) is 3.00. The normalized spacial score (nSPS) is 11.0. The van der Waals surface area contributed by atoms with E-state index in [0.717, 1.165) is 11.3 Å². The molecule has 2 rings (SSSR count). The van der Waals surface area contributed by atoms with E-state index < -0.39 is 16.0 Å². The Morgan fingerprint density at radius 3 is 2.38 bits per heavy atom. The minimum atomic E-state index is -3.97. The number of rotatable bonds is 6. The Hall–Kier alpha value is -1.78. The van der Waals surface area contributed by atoms with Gasteiger partial charge in [0.1, 0.15) is 9.77 Å². The first-order valence-corrected chi connectivity index (χ1v) is 9.59. The van der Waals surface area contributed by atoms with Crippen LogP contribution in [0.2, 0.25) is 0 Å². The fraction of sp³-hybridized carbons (Fsp3) is 0.214. The zero-order chi connectivity index (χ0) is 17.9. The molecule has 0 aliphatic carbocycles. The minimum absolute atomic E-state index is 0.0536. The van der Waals surface area contributed by atoms with Crippen molar-refractivity contribution in [1.82, 2.24) is 0 Å².